The fourth-order valence-electron chi connectivity index (χ4n) is 2.93. The molecule has 1 aliphatic rings. The van der Waals surface area contributed by atoms with E-state index in [9.17, 15) is 23.1 Å². The van der Waals surface area contributed by atoms with Crippen molar-refractivity contribution in [1.82, 2.24) is 4.57 Å². The molecular formula is C17H20F3NO3. The molecule has 4 nitrogen and oxygen atoms in total. The molecular weight excluding hydrogens is 323 g/mol. The van der Waals surface area contributed by atoms with E-state index < -0.39 is 17.7 Å². The summed E-state index contributed by atoms with van der Waals surface area (Å²) in [6.07, 6.45) is 0.276. The molecule has 1 heterocycles. The predicted molar refractivity (Wildman–Crippen MR) is 83.6 cm³/mol. The minimum atomic E-state index is -4.48. The highest BCUT2D eigenvalue weighted by Crippen LogP contribution is 2.40. The molecule has 2 rings (SSSR count). The number of hydrogen-bond acceptors (Lipinski definition) is 3. The Morgan fingerprint density at radius 3 is 2.71 bits per heavy atom. The second-order valence-electron chi connectivity index (χ2n) is 5.48. The van der Waals surface area contributed by atoms with Crippen LogP contribution in [0, 0.1) is 6.92 Å². The standard InChI is InChI=1S/C17H20F3NO3/c1-3-24-16(23)13-10-21(8-9-22)15(11(13)2)12-6-4-5-7-14(12)17(18,19)20/h5,7,10,22H,3-4,6,8-9H2,1-2H3. The fraction of sp³-hybridized carbons (Fsp3) is 0.471. The average Bonchev–Trinajstić information content (AvgIpc) is 2.83. The Balaban J connectivity index is 2.65. The second-order valence-corrected chi connectivity index (χ2v) is 5.48. The van der Waals surface area contributed by atoms with E-state index in [4.69, 9.17) is 4.74 Å². The Hall–Kier alpha value is -2.02. The van der Waals surface area contributed by atoms with Gasteiger partial charge in [-0.25, -0.2) is 4.79 Å². The van der Waals surface area contributed by atoms with E-state index in [2.05, 4.69) is 0 Å². The van der Waals surface area contributed by atoms with Crippen LogP contribution in [0.15, 0.2) is 23.9 Å². The largest absolute Gasteiger partial charge is 0.462 e. The van der Waals surface area contributed by atoms with Crippen LogP contribution < -0.4 is 0 Å². The highest BCUT2D eigenvalue weighted by atomic mass is 19.4. The monoisotopic (exact) mass is 343 g/mol. The number of alkyl halides is 3. The first-order valence-corrected chi connectivity index (χ1v) is 7.76. The Morgan fingerprint density at radius 1 is 1.42 bits per heavy atom. The summed E-state index contributed by atoms with van der Waals surface area (Å²) in [7, 11) is 0. The zero-order valence-electron chi connectivity index (χ0n) is 13.6. The van der Waals surface area contributed by atoms with Gasteiger partial charge in [-0.2, -0.15) is 13.2 Å². The molecule has 0 fully saturated rings. The van der Waals surface area contributed by atoms with Crippen molar-refractivity contribution in [2.45, 2.75) is 39.4 Å². The molecule has 0 unspecified atom stereocenters. The molecule has 0 bridgehead atoms. The molecule has 1 aromatic heterocycles. The maximum atomic E-state index is 13.4. The van der Waals surface area contributed by atoms with Crippen LogP contribution in [-0.4, -0.2) is 35.0 Å². The number of carbonyl (C=O) groups excluding carboxylic acids is 1. The third-order valence-electron chi connectivity index (χ3n) is 3.93. The number of aliphatic hydroxyl groups excluding tert-OH is 1. The minimum Gasteiger partial charge on any atom is -0.462 e. The van der Waals surface area contributed by atoms with E-state index >= 15 is 0 Å². The zero-order chi connectivity index (χ0) is 17.9. The van der Waals surface area contributed by atoms with Gasteiger partial charge in [-0.15, -0.1) is 0 Å². The molecule has 0 amide bonds. The number of rotatable bonds is 5. The number of ether oxygens (including phenoxy) is 1. The van der Waals surface area contributed by atoms with Gasteiger partial charge in [0.1, 0.15) is 0 Å². The summed E-state index contributed by atoms with van der Waals surface area (Å²) in [6, 6.07) is 0. The van der Waals surface area contributed by atoms with Crippen molar-refractivity contribution >= 4 is 11.5 Å². The number of hydrogen-bond donors (Lipinski definition) is 1. The molecule has 1 N–H and O–H groups in total. The molecule has 0 aliphatic heterocycles. The van der Waals surface area contributed by atoms with Crippen molar-refractivity contribution in [2.24, 2.45) is 0 Å². The summed E-state index contributed by atoms with van der Waals surface area (Å²) in [4.78, 5) is 12.0. The van der Waals surface area contributed by atoms with Crippen LogP contribution in [0.25, 0.3) is 5.57 Å². The number of esters is 1. The van der Waals surface area contributed by atoms with Gasteiger partial charge in [0.25, 0.3) is 0 Å². The quantitative estimate of drug-likeness (QED) is 0.831. The van der Waals surface area contributed by atoms with Crippen LogP contribution in [0.3, 0.4) is 0 Å². The summed E-state index contributed by atoms with van der Waals surface area (Å²) < 4.78 is 46.5. The van der Waals surface area contributed by atoms with Crippen LogP contribution in [0.2, 0.25) is 0 Å². The van der Waals surface area contributed by atoms with Crippen molar-refractivity contribution in [1.29, 1.82) is 0 Å². The number of carbonyl (C=O) groups is 1. The van der Waals surface area contributed by atoms with Crippen molar-refractivity contribution in [3.8, 4) is 0 Å². The van der Waals surface area contributed by atoms with Crippen molar-refractivity contribution in [2.75, 3.05) is 13.2 Å². The Morgan fingerprint density at radius 2 is 2.12 bits per heavy atom. The summed E-state index contributed by atoms with van der Waals surface area (Å²) in [5.74, 6) is -0.576. The van der Waals surface area contributed by atoms with E-state index in [0.717, 1.165) is 6.08 Å². The number of aromatic nitrogens is 1. The Kier molecular flexibility index (Phi) is 5.54. The first kappa shape index (κ1) is 18.3. The van der Waals surface area contributed by atoms with Gasteiger partial charge < -0.3 is 14.4 Å². The van der Waals surface area contributed by atoms with E-state index in [1.807, 2.05) is 0 Å². The number of allylic oxidation sites excluding steroid dienone is 4. The summed E-state index contributed by atoms with van der Waals surface area (Å²) in [5, 5.41) is 9.22. The molecule has 0 aromatic carbocycles. The van der Waals surface area contributed by atoms with E-state index in [1.165, 1.54) is 16.8 Å². The van der Waals surface area contributed by atoms with Crippen LogP contribution in [0.4, 0.5) is 13.2 Å². The third kappa shape index (κ3) is 3.56. The van der Waals surface area contributed by atoms with Gasteiger partial charge in [-0.05, 0) is 37.8 Å². The van der Waals surface area contributed by atoms with Crippen LogP contribution in [0.5, 0.6) is 0 Å². The first-order chi connectivity index (χ1) is 11.3. The molecule has 7 heteroatoms. The van der Waals surface area contributed by atoms with Crippen molar-refractivity contribution in [3.05, 3.63) is 40.7 Å². The normalized spacial score (nSPS) is 15.1. The minimum absolute atomic E-state index is 0.105. The van der Waals surface area contributed by atoms with Crippen molar-refractivity contribution in [3.63, 3.8) is 0 Å². The summed E-state index contributed by atoms with van der Waals surface area (Å²) in [5.41, 5.74) is 0.442. The molecule has 0 atom stereocenters. The number of aliphatic hydroxyl groups is 1. The maximum Gasteiger partial charge on any atom is 0.416 e. The van der Waals surface area contributed by atoms with E-state index in [-0.39, 0.29) is 37.3 Å². The zero-order valence-corrected chi connectivity index (χ0v) is 13.6. The van der Waals surface area contributed by atoms with Crippen LogP contribution >= 0.6 is 0 Å². The SMILES string of the molecule is CCOC(=O)c1cn(CCO)c(C2=C(C(F)(F)F)C=CCC2)c1C. The third-order valence-corrected chi connectivity index (χ3v) is 3.93. The summed E-state index contributed by atoms with van der Waals surface area (Å²) in [6.45, 7) is 3.31. The molecule has 1 aliphatic carbocycles. The average molecular weight is 343 g/mol. The molecule has 24 heavy (non-hydrogen) atoms. The molecule has 132 valence electrons. The van der Waals surface area contributed by atoms with Gasteiger partial charge in [-0.3, -0.25) is 0 Å². The Bertz CT molecular complexity index is 684. The van der Waals surface area contributed by atoms with Gasteiger partial charge in [0.2, 0.25) is 0 Å². The second kappa shape index (κ2) is 7.25. The van der Waals surface area contributed by atoms with E-state index in [0.29, 0.717) is 17.7 Å². The molecule has 0 radical (unpaired) electrons. The maximum absolute atomic E-state index is 13.4. The van der Waals surface area contributed by atoms with Gasteiger partial charge >= 0.3 is 12.1 Å². The number of halogens is 3. The van der Waals surface area contributed by atoms with Crippen molar-refractivity contribution < 1.29 is 27.8 Å². The van der Waals surface area contributed by atoms with Gasteiger partial charge in [0.15, 0.2) is 0 Å². The Labute approximate surface area is 138 Å². The molecule has 0 saturated heterocycles. The molecule has 1 aromatic rings. The molecule has 0 saturated carbocycles. The smallest absolute Gasteiger partial charge is 0.416 e. The summed E-state index contributed by atoms with van der Waals surface area (Å²) >= 11 is 0. The molecule has 0 spiro atoms. The van der Waals surface area contributed by atoms with Gasteiger partial charge in [0, 0.05) is 18.4 Å². The lowest BCUT2D eigenvalue weighted by Crippen LogP contribution is -2.16. The van der Waals surface area contributed by atoms with E-state index in [1.54, 1.807) is 13.8 Å². The highest BCUT2D eigenvalue weighted by molar-refractivity contribution is 5.93. The first-order valence-electron chi connectivity index (χ1n) is 7.76. The fourth-order valence-corrected chi connectivity index (χ4v) is 2.93. The highest BCUT2D eigenvalue weighted by Gasteiger charge is 2.37. The lowest BCUT2D eigenvalue weighted by atomic mass is 9.92. The van der Waals surface area contributed by atoms with Crippen LogP contribution in [-0.2, 0) is 11.3 Å². The van der Waals surface area contributed by atoms with Gasteiger partial charge in [0.05, 0.1) is 24.4 Å². The van der Waals surface area contributed by atoms with Gasteiger partial charge in [-0.1, -0.05) is 12.2 Å². The lowest BCUT2D eigenvalue weighted by molar-refractivity contribution is -0.0879. The van der Waals surface area contributed by atoms with Crippen LogP contribution in [0.1, 0.15) is 41.4 Å². The number of nitrogens with zero attached hydrogens (tertiary/aromatic N) is 1. The lowest BCUT2D eigenvalue weighted by Gasteiger charge is -2.21. The predicted octanol–water partition coefficient (Wildman–Crippen LogP) is 3.63. The topological polar surface area (TPSA) is 51.5 Å².